The van der Waals surface area contributed by atoms with Gasteiger partial charge in [-0.25, -0.2) is 0 Å². The van der Waals surface area contributed by atoms with Gasteiger partial charge in [-0.1, -0.05) is 22.0 Å². The Morgan fingerprint density at radius 2 is 2.17 bits per heavy atom. The van der Waals surface area contributed by atoms with Gasteiger partial charge >= 0.3 is 0 Å². The Balaban J connectivity index is 2.10. The number of hydrogen-bond donors (Lipinski definition) is 1. The van der Waals surface area contributed by atoms with Crippen LogP contribution < -0.4 is 5.32 Å². The van der Waals surface area contributed by atoms with Crippen LogP contribution in [0.5, 0.6) is 0 Å². The van der Waals surface area contributed by atoms with Gasteiger partial charge in [0, 0.05) is 27.7 Å². The average molecular weight is 424 g/mol. The van der Waals surface area contributed by atoms with Crippen molar-refractivity contribution in [1.82, 2.24) is 5.32 Å². The number of hydrogen-bond acceptors (Lipinski definition) is 2. The summed E-state index contributed by atoms with van der Waals surface area (Å²) in [5, 5.41) is 3.92. The van der Waals surface area contributed by atoms with E-state index in [4.69, 9.17) is 4.74 Å². The first kappa shape index (κ1) is 14.3. The molecule has 0 radical (unpaired) electrons. The first-order valence-corrected chi connectivity index (χ1v) is 8.07. The summed E-state index contributed by atoms with van der Waals surface area (Å²) in [4.78, 5) is 12.3. The van der Waals surface area contributed by atoms with Crippen LogP contribution in [0, 0.1) is 3.57 Å². The van der Waals surface area contributed by atoms with E-state index in [1.54, 1.807) is 0 Å². The second-order valence-corrected chi connectivity index (χ2v) is 6.30. The lowest BCUT2D eigenvalue weighted by molar-refractivity contribution is 0.0442. The summed E-state index contributed by atoms with van der Waals surface area (Å²) in [6.45, 7) is 1.41. The molecule has 1 aromatic carbocycles. The summed E-state index contributed by atoms with van der Waals surface area (Å²) in [7, 11) is 0. The summed E-state index contributed by atoms with van der Waals surface area (Å²) in [5.41, 5.74) is 0.546. The molecule has 0 aromatic heterocycles. The number of halogens is 2. The fourth-order valence-electron chi connectivity index (χ4n) is 2.00. The van der Waals surface area contributed by atoms with Crippen LogP contribution in [-0.2, 0) is 4.74 Å². The van der Waals surface area contributed by atoms with Crippen LogP contribution in [-0.4, -0.2) is 30.0 Å². The fourth-order valence-corrected chi connectivity index (χ4v) is 3.24. The van der Waals surface area contributed by atoms with Crippen molar-refractivity contribution in [3.05, 3.63) is 33.4 Å². The minimum Gasteiger partial charge on any atom is -0.381 e. The maximum absolute atomic E-state index is 12.3. The molecule has 0 aliphatic carbocycles. The van der Waals surface area contributed by atoms with Gasteiger partial charge in [0.1, 0.15) is 0 Å². The monoisotopic (exact) mass is 423 g/mol. The van der Waals surface area contributed by atoms with Gasteiger partial charge in [0.2, 0.25) is 0 Å². The minimum absolute atomic E-state index is 0.00475. The van der Waals surface area contributed by atoms with Gasteiger partial charge in [-0.3, -0.25) is 4.79 Å². The Labute approximate surface area is 129 Å². The first-order valence-electron chi connectivity index (χ1n) is 5.87. The number of ether oxygens (including phenoxy) is 1. The van der Waals surface area contributed by atoms with Crippen molar-refractivity contribution in [3.8, 4) is 0 Å². The summed E-state index contributed by atoms with van der Waals surface area (Å²) in [5.74, 6) is -0.00475. The maximum Gasteiger partial charge on any atom is 0.251 e. The van der Waals surface area contributed by atoms with Crippen molar-refractivity contribution in [3.63, 3.8) is 0 Å². The maximum atomic E-state index is 12.3. The zero-order chi connectivity index (χ0) is 13.0. The van der Waals surface area contributed by atoms with Gasteiger partial charge in [0.05, 0.1) is 5.54 Å². The Bertz CT molecular complexity index is 433. The van der Waals surface area contributed by atoms with E-state index in [1.807, 2.05) is 24.3 Å². The molecule has 98 valence electrons. The van der Waals surface area contributed by atoms with E-state index in [1.165, 1.54) is 0 Å². The van der Waals surface area contributed by atoms with Crippen molar-refractivity contribution in [1.29, 1.82) is 0 Å². The molecular weight excluding hydrogens is 409 g/mol. The molecule has 0 saturated carbocycles. The lowest BCUT2D eigenvalue weighted by Crippen LogP contribution is -2.53. The lowest BCUT2D eigenvalue weighted by Gasteiger charge is -2.36. The molecule has 0 unspecified atom stereocenters. The van der Waals surface area contributed by atoms with Gasteiger partial charge in [0.25, 0.3) is 5.91 Å². The Morgan fingerprint density at radius 1 is 1.44 bits per heavy atom. The smallest absolute Gasteiger partial charge is 0.251 e. The van der Waals surface area contributed by atoms with Crippen molar-refractivity contribution in [2.45, 2.75) is 18.4 Å². The molecule has 1 aromatic rings. The van der Waals surface area contributed by atoms with Gasteiger partial charge < -0.3 is 10.1 Å². The first-order chi connectivity index (χ1) is 8.65. The third-order valence-corrected chi connectivity index (χ3v) is 4.92. The quantitative estimate of drug-likeness (QED) is 0.599. The number of benzene rings is 1. The predicted molar refractivity (Wildman–Crippen MR) is 83.2 cm³/mol. The van der Waals surface area contributed by atoms with Crippen LogP contribution >= 0.6 is 38.5 Å². The van der Waals surface area contributed by atoms with E-state index in [-0.39, 0.29) is 11.4 Å². The SMILES string of the molecule is O=C(NC1(CBr)CCOCC1)c1cccc(I)c1. The molecule has 1 amide bonds. The van der Waals surface area contributed by atoms with E-state index >= 15 is 0 Å². The molecule has 1 fully saturated rings. The zero-order valence-electron chi connectivity index (χ0n) is 9.92. The minimum atomic E-state index is -0.170. The number of carbonyl (C=O) groups excluding carboxylic acids is 1. The van der Waals surface area contributed by atoms with Gasteiger partial charge in [0.15, 0.2) is 0 Å². The molecular formula is C13H15BrINO2. The van der Waals surface area contributed by atoms with Crippen LogP contribution in [0.1, 0.15) is 23.2 Å². The van der Waals surface area contributed by atoms with Gasteiger partial charge in [-0.2, -0.15) is 0 Å². The molecule has 0 atom stereocenters. The molecule has 3 nitrogen and oxygen atoms in total. The second kappa shape index (κ2) is 6.34. The molecule has 1 aliphatic rings. The standard InChI is InChI=1S/C13H15BrINO2/c14-9-13(4-6-18-7-5-13)16-12(17)10-2-1-3-11(15)8-10/h1-3,8H,4-7,9H2,(H,16,17). The number of nitrogens with one attached hydrogen (secondary N) is 1. The number of rotatable bonds is 3. The van der Waals surface area contributed by atoms with E-state index in [0.29, 0.717) is 18.8 Å². The van der Waals surface area contributed by atoms with E-state index in [2.05, 4.69) is 43.8 Å². The van der Waals surface area contributed by atoms with Crippen LogP contribution in [0.15, 0.2) is 24.3 Å². The van der Waals surface area contributed by atoms with E-state index in [9.17, 15) is 4.79 Å². The van der Waals surface area contributed by atoms with Crippen LogP contribution in [0.25, 0.3) is 0 Å². The fraction of sp³-hybridized carbons (Fsp3) is 0.462. The second-order valence-electron chi connectivity index (χ2n) is 4.49. The predicted octanol–water partition coefficient (Wildman–Crippen LogP) is 2.97. The Kier molecular flexibility index (Phi) is 5.03. The normalized spacial score (nSPS) is 18.3. The molecule has 18 heavy (non-hydrogen) atoms. The molecule has 1 heterocycles. The molecule has 2 rings (SSSR count). The van der Waals surface area contributed by atoms with Gasteiger partial charge in [-0.05, 0) is 53.6 Å². The summed E-state index contributed by atoms with van der Waals surface area (Å²) >= 11 is 5.73. The third kappa shape index (κ3) is 3.45. The molecule has 1 N–H and O–H groups in total. The highest BCUT2D eigenvalue weighted by atomic mass is 127. The van der Waals surface area contributed by atoms with Crippen molar-refractivity contribution >= 4 is 44.4 Å². The summed E-state index contributed by atoms with van der Waals surface area (Å²) in [6, 6.07) is 7.63. The molecule has 0 bridgehead atoms. The van der Waals surface area contributed by atoms with Crippen molar-refractivity contribution in [2.24, 2.45) is 0 Å². The largest absolute Gasteiger partial charge is 0.381 e. The summed E-state index contributed by atoms with van der Waals surface area (Å²) in [6.07, 6.45) is 1.71. The zero-order valence-corrected chi connectivity index (χ0v) is 13.7. The number of carbonyl (C=O) groups is 1. The molecule has 0 spiro atoms. The Hall–Kier alpha value is -0.140. The summed E-state index contributed by atoms with van der Waals surface area (Å²) < 4.78 is 6.43. The number of alkyl halides is 1. The topological polar surface area (TPSA) is 38.3 Å². The van der Waals surface area contributed by atoms with Crippen LogP contribution in [0.4, 0.5) is 0 Å². The van der Waals surface area contributed by atoms with E-state index < -0.39 is 0 Å². The molecule has 1 aliphatic heterocycles. The third-order valence-electron chi connectivity index (χ3n) is 3.17. The molecule has 5 heteroatoms. The highest BCUT2D eigenvalue weighted by Crippen LogP contribution is 2.23. The van der Waals surface area contributed by atoms with Gasteiger partial charge in [-0.15, -0.1) is 0 Å². The highest BCUT2D eigenvalue weighted by Gasteiger charge is 2.33. The van der Waals surface area contributed by atoms with Crippen LogP contribution in [0.2, 0.25) is 0 Å². The molecule has 1 saturated heterocycles. The van der Waals surface area contributed by atoms with Crippen molar-refractivity contribution < 1.29 is 9.53 Å². The lowest BCUT2D eigenvalue weighted by atomic mass is 9.92. The van der Waals surface area contributed by atoms with Crippen LogP contribution in [0.3, 0.4) is 0 Å². The average Bonchev–Trinajstić information content (AvgIpc) is 2.40. The Morgan fingerprint density at radius 3 is 2.78 bits per heavy atom. The highest BCUT2D eigenvalue weighted by molar-refractivity contribution is 14.1. The van der Waals surface area contributed by atoms with E-state index in [0.717, 1.165) is 21.7 Å². The number of amides is 1. The van der Waals surface area contributed by atoms with Crippen molar-refractivity contribution in [2.75, 3.05) is 18.5 Å².